The van der Waals surface area contributed by atoms with Gasteiger partial charge in [-0.15, -0.1) is 6.42 Å². The van der Waals surface area contributed by atoms with Gasteiger partial charge in [-0.2, -0.15) is 0 Å². The summed E-state index contributed by atoms with van der Waals surface area (Å²) in [5.74, 6) is 5.04. The van der Waals surface area contributed by atoms with Crippen molar-refractivity contribution in [2.45, 2.75) is 76.7 Å². The molecule has 4 rings (SSSR count). The Morgan fingerprint density at radius 1 is 1.10 bits per heavy atom. The van der Waals surface area contributed by atoms with E-state index in [1.807, 2.05) is 11.1 Å². The van der Waals surface area contributed by atoms with Crippen LogP contribution in [0.15, 0.2) is 11.1 Å². The van der Waals surface area contributed by atoms with Gasteiger partial charge in [0, 0.05) is 5.41 Å². The second-order valence-electron chi connectivity index (χ2n) is 8.25. The summed E-state index contributed by atoms with van der Waals surface area (Å²) in [4.78, 5) is 0. The van der Waals surface area contributed by atoms with Crippen LogP contribution in [0.3, 0.4) is 0 Å². The monoisotopic (exact) mass is 284 g/mol. The molecule has 0 saturated heterocycles. The first-order chi connectivity index (χ1) is 10.1. The minimum atomic E-state index is -0.843. The van der Waals surface area contributed by atoms with Gasteiger partial charge in [-0.1, -0.05) is 24.0 Å². The molecular formula is C20H28O. The van der Waals surface area contributed by atoms with Crippen molar-refractivity contribution < 1.29 is 5.11 Å². The van der Waals surface area contributed by atoms with Crippen molar-refractivity contribution in [3.05, 3.63) is 11.1 Å². The number of fused-ring (bicyclic) bond motifs is 4. The first kappa shape index (κ1) is 13.9. The largest absolute Gasteiger partial charge is 0.377 e. The lowest BCUT2D eigenvalue weighted by Crippen LogP contribution is -2.50. The van der Waals surface area contributed by atoms with Crippen molar-refractivity contribution in [1.29, 1.82) is 0 Å². The molecular weight excluding hydrogens is 256 g/mol. The molecule has 0 spiro atoms. The van der Waals surface area contributed by atoms with E-state index < -0.39 is 5.60 Å². The first-order valence-electron chi connectivity index (χ1n) is 9.00. The maximum atomic E-state index is 10.9. The van der Waals surface area contributed by atoms with E-state index in [0.29, 0.717) is 5.92 Å². The van der Waals surface area contributed by atoms with Crippen LogP contribution in [0, 0.1) is 35.5 Å². The minimum absolute atomic E-state index is 0.0321. The van der Waals surface area contributed by atoms with E-state index in [4.69, 9.17) is 6.42 Å². The maximum absolute atomic E-state index is 10.9. The molecule has 114 valence electrons. The lowest BCUT2D eigenvalue weighted by Gasteiger charge is -2.53. The summed E-state index contributed by atoms with van der Waals surface area (Å²) in [6.07, 6.45) is 18.3. The molecule has 1 N–H and O–H groups in total. The van der Waals surface area contributed by atoms with E-state index in [2.05, 4.69) is 12.8 Å². The highest BCUT2D eigenvalue weighted by Crippen LogP contribution is 2.64. The number of terminal acetylenes is 1. The number of aliphatic hydroxyl groups is 1. The van der Waals surface area contributed by atoms with Crippen LogP contribution in [0.25, 0.3) is 0 Å². The number of allylic oxidation sites excluding steroid dienone is 2. The van der Waals surface area contributed by atoms with Gasteiger partial charge in [0.2, 0.25) is 0 Å². The predicted octanol–water partition coefficient (Wildman–Crippen LogP) is 4.46. The molecule has 0 radical (unpaired) electrons. The van der Waals surface area contributed by atoms with Gasteiger partial charge in [-0.25, -0.2) is 0 Å². The molecule has 1 heteroatoms. The molecule has 0 aromatic rings. The Hall–Kier alpha value is -0.740. The molecule has 0 heterocycles. The van der Waals surface area contributed by atoms with Crippen LogP contribution in [-0.2, 0) is 0 Å². The van der Waals surface area contributed by atoms with Gasteiger partial charge in [-0.05, 0) is 82.0 Å². The third kappa shape index (κ3) is 1.75. The molecule has 2 saturated carbocycles. The van der Waals surface area contributed by atoms with Crippen molar-refractivity contribution in [2.75, 3.05) is 0 Å². The minimum Gasteiger partial charge on any atom is -0.377 e. The Balaban J connectivity index is 1.68. The van der Waals surface area contributed by atoms with Crippen LogP contribution in [-0.4, -0.2) is 10.7 Å². The zero-order valence-corrected chi connectivity index (χ0v) is 13.3. The Bertz CT molecular complexity index is 524. The lowest BCUT2D eigenvalue weighted by molar-refractivity contribution is -0.0709. The fourth-order valence-electron chi connectivity index (χ4n) is 6.44. The summed E-state index contributed by atoms with van der Waals surface area (Å²) < 4.78 is 0. The molecule has 4 aliphatic carbocycles. The van der Waals surface area contributed by atoms with Crippen molar-refractivity contribution in [1.82, 2.24) is 0 Å². The fourth-order valence-corrected chi connectivity index (χ4v) is 6.44. The van der Waals surface area contributed by atoms with Gasteiger partial charge < -0.3 is 5.11 Å². The Kier molecular flexibility index (Phi) is 3.06. The zero-order valence-electron chi connectivity index (χ0n) is 13.3. The highest BCUT2D eigenvalue weighted by Gasteiger charge is 2.61. The van der Waals surface area contributed by atoms with Crippen molar-refractivity contribution >= 4 is 0 Å². The van der Waals surface area contributed by atoms with Crippen LogP contribution < -0.4 is 0 Å². The second-order valence-corrected chi connectivity index (χ2v) is 8.25. The fraction of sp³-hybridized carbons (Fsp3) is 0.800. The average molecular weight is 284 g/mol. The number of hydrogen-bond donors (Lipinski definition) is 1. The standard InChI is InChI=1S/C20H28O/c1-3-20(21)13-11-18-17-9-8-14-6-4-5-7-15(14)16(17)10-12-19(18,20)2/h1,16-18,21H,4-13H2,2H3/t16-,17+,18-,19-,20+/m0/s1. The summed E-state index contributed by atoms with van der Waals surface area (Å²) in [6.45, 7) is 2.28. The maximum Gasteiger partial charge on any atom is 0.130 e. The Morgan fingerprint density at radius 2 is 1.90 bits per heavy atom. The zero-order chi connectivity index (χ0) is 14.7. The Labute approximate surface area is 129 Å². The normalized spacial score (nSPS) is 49.1. The average Bonchev–Trinajstić information content (AvgIpc) is 2.79. The van der Waals surface area contributed by atoms with Gasteiger partial charge in [-0.3, -0.25) is 0 Å². The highest BCUT2D eigenvalue weighted by atomic mass is 16.3. The highest BCUT2D eigenvalue weighted by molar-refractivity contribution is 5.29. The molecule has 4 aliphatic rings. The molecule has 0 unspecified atom stereocenters. The summed E-state index contributed by atoms with van der Waals surface area (Å²) in [5.41, 5.74) is 2.78. The van der Waals surface area contributed by atoms with Crippen LogP contribution in [0.5, 0.6) is 0 Å². The molecule has 0 bridgehead atoms. The smallest absolute Gasteiger partial charge is 0.130 e. The van der Waals surface area contributed by atoms with E-state index in [1.165, 1.54) is 44.9 Å². The molecule has 0 amide bonds. The third-order valence-electron chi connectivity index (χ3n) is 7.68. The van der Waals surface area contributed by atoms with E-state index in [9.17, 15) is 5.11 Å². The summed E-state index contributed by atoms with van der Waals surface area (Å²) in [6, 6.07) is 0. The quantitative estimate of drug-likeness (QED) is 0.514. The Morgan fingerprint density at radius 3 is 2.71 bits per heavy atom. The summed E-state index contributed by atoms with van der Waals surface area (Å²) in [5, 5.41) is 10.9. The molecule has 2 fully saturated rings. The van der Waals surface area contributed by atoms with Crippen LogP contribution in [0.2, 0.25) is 0 Å². The van der Waals surface area contributed by atoms with Crippen molar-refractivity contribution in [3.63, 3.8) is 0 Å². The first-order valence-corrected chi connectivity index (χ1v) is 9.00. The summed E-state index contributed by atoms with van der Waals surface area (Å²) in [7, 11) is 0. The predicted molar refractivity (Wildman–Crippen MR) is 85.6 cm³/mol. The van der Waals surface area contributed by atoms with E-state index in [0.717, 1.165) is 31.1 Å². The van der Waals surface area contributed by atoms with E-state index in [-0.39, 0.29) is 5.41 Å². The molecule has 0 aromatic carbocycles. The van der Waals surface area contributed by atoms with Crippen molar-refractivity contribution in [2.24, 2.45) is 23.2 Å². The topological polar surface area (TPSA) is 20.2 Å². The molecule has 0 aliphatic heterocycles. The van der Waals surface area contributed by atoms with Crippen molar-refractivity contribution in [3.8, 4) is 12.3 Å². The molecule has 1 nitrogen and oxygen atoms in total. The summed E-state index contributed by atoms with van der Waals surface area (Å²) >= 11 is 0. The number of hydrogen-bond acceptors (Lipinski definition) is 1. The van der Waals surface area contributed by atoms with Crippen LogP contribution in [0.4, 0.5) is 0 Å². The van der Waals surface area contributed by atoms with Gasteiger partial charge in [0.05, 0.1) is 0 Å². The van der Waals surface area contributed by atoms with E-state index in [1.54, 1.807) is 0 Å². The van der Waals surface area contributed by atoms with Gasteiger partial charge in [0.15, 0.2) is 0 Å². The second kappa shape index (κ2) is 4.63. The lowest BCUT2D eigenvalue weighted by atomic mass is 9.52. The van der Waals surface area contributed by atoms with Crippen LogP contribution in [0.1, 0.15) is 71.1 Å². The molecule has 21 heavy (non-hydrogen) atoms. The van der Waals surface area contributed by atoms with Gasteiger partial charge in [0.25, 0.3) is 0 Å². The van der Waals surface area contributed by atoms with E-state index >= 15 is 0 Å². The molecule has 0 aromatic heterocycles. The number of rotatable bonds is 0. The van der Waals surface area contributed by atoms with Gasteiger partial charge >= 0.3 is 0 Å². The molecule has 5 atom stereocenters. The SMILES string of the molecule is C#C[C@@]1(O)CC[C@H]2[C@@H]3CCC4=C(CCCC4)[C@@H]3CC[C@@]21C. The third-order valence-corrected chi connectivity index (χ3v) is 7.68. The van der Waals surface area contributed by atoms with Gasteiger partial charge in [0.1, 0.15) is 5.60 Å². The van der Waals surface area contributed by atoms with Crippen LogP contribution >= 0.6 is 0 Å².